The molecule has 4 rings (SSSR count). The van der Waals surface area contributed by atoms with Crippen LogP contribution in [0.3, 0.4) is 0 Å². The van der Waals surface area contributed by atoms with Crippen LogP contribution in [-0.2, 0) is 29.0 Å². The van der Waals surface area contributed by atoms with Crippen LogP contribution in [0.5, 0.6) is 0 Å². The SMILES string of the molecule is Cc1nc(SCC(N)=O)nc(C)c1CCC(=O)Nc1cccc(-c2nnc3n2CCCCC3)c1. The molecular formula is C24H29N7O2S. The Morgan fingerprint density at radius 1 is 1.12 bits per heavy atom. The lowest BCUT2D eigenvalue weighted by Gasteiger charge is -2.11. The fourth-order valence-corrected chi connectivity index (χ4v) is 4.84. The fraction of sp³-hybridized carbons (Fsp3) is 0.417. The van der Waals surface area contributed by atoms with Crippen molar-refractivity contribution in [2.24, 2.45) is 5.73 Å². The third kappa shape index (κ3) is 5.80. The van der Waals surface area contributed by atoms with Crippen molar-refractivity contribution in [2.45, 2.75) is 64.1 Å². The third-order valence-corrected chi connectivity index (χ3v) is 6.73. The van der Waals surface area contributed by atoms with Crippen molar-refractivity contribution in [3.8, 4) is 11.4 Å². The van der Waals surface area contributed by atoms with Gasteiger partial charge in [-0.2, -0.15) is 0 Å². The van der Waals surface area contributed by atoms with Gasteiger partial charge in [0.15, 0.2) is 11.0 Å². The van der Waals surface area contributed by atoms with Crippen LogP contribution in [0.4, 0.5) is 5.69 Å². The molecule has 0 fully saturated rings. The van der Waals surface area contributed by atoms with E-state index in [1.54, 1.807) is 0 Å². The average Bonchev–Trinajstić information content (AvgIpc) is 3.05. The van der Waals surface area contributed by atoms with Gasteiger partial charge in [-0.15, -0.1) is 10.2 Å². The van der Waals surface area contributed by atoms with Gasteiger partial charge in [-0.1, -0.05) is 30.3 Å². The zero-order valence-corrected chi connectivity index (χ0v) is 20.3. The molecule has 0 saturated carbocycles. The summed E-state index contributed by atoms with van der Waals surface area (Å²) < 4.78 is 2.20. The Morgan fingerprint density at radius 2 is 1.91 bits per heavy atom. The maximum atomic E-state index is 12.7. The highest BCUT2D eigenvalue weighted by Gasteiger charge is 2.17. The Kier molecular flexibility index (Phi) is 7.56. The number of hydrogen-bond donors (Lipinski definition) is 2. The van der Waals surface area contributed by atoms with Gasteiger partial charge in [0.2, 0.25) is 11.8 Å². The molecule has 1 aliphatic heterocycles. The van der Waals surface area contributed by atoms with Crippen LogP contribution in [0, 0.1) is 13.8 Å². The van der Waals surface area contributed by atoms with Crippen LogP contribution in [0.25, 0.3) is 11.4 Å². The van der Waals surface area contributed by atoms with E-state index in [0.717, 1.165) is 65.7 Å². The number of nitrogens with zero attached hydrogens (tertiary/aromatic N) is 5. The maximum absolute atomic E-state index is 12.7. The van der Waals surface area contributed by atoms with Gasteiger partial charge >= 0.3 is 0 Å². The number of aromatic nitrogens is 5. The van der Waals surface area contributed by atoms with Crippen molar-refractivity contribution in [2.75, 3.05) is 11.1 Å². The summed E-state index contributed by atoms with van der Waals surface area (Å²) in [5.74, 6) is 1.54. The van der Waals surface area contributed by atoms with Crippen molar-refractivity contribution in [3.05, 3.63) is 47.0 Å². The Bertz CT molecular complexity index is 1180. The van der Waals surface area contributed by atoms with Gasteiger partial charge in [-0.05, 0) is 50.8 Å². The molecule has 0 spiro atoms. The number of amides is 2. The van der Waals surface area contributed by atoms with Crippen LogP contribution in [0.15, 0.2) is 29.4 Å². The minimum atomic E-state index is -0.409. The number of hydrogen-bond acceptors (Lipinski definition) is 7. The van der Waals surface area contributed by atoms with E-state index < -0.39 is 5.91 Å². The maximum Gasteiger partial charge on any atom is 0.227 e. The third-order valence-electron chi connectivity index (χ3n) is 5.86. The lowest BCUT2D eigenvalue weighted by molar-refractivity contribution is -0.116. The van der Waals surface area contributed by atoms with Gasteiger partial charge in [-0.25, -0.2) is 9.97 Å². The van der Waals surface area contributed by atoms with Crippen molar-refractivity contribution < 1.29 is 9.59 Å². The number of benzene rings is 1. The lowest BCUT2D eigenvalue weighted by Crippen LogP contribution is -2.15. The van der Waals surface area contributed by atoms with Crippen LogP contribution >= 0.6 is 11.8 Å². The standard InChI is InChI=1S/C24H29N7O2S/c1-15-19(16(2)27-24(26-15)34-14-20(25)32)10-11-22(33)28-18-8-6-7-17(13-18)23-30-29-21-9-4-3-5-12-31(21)23/h6-8,13H,3-5,9-12,14H2,1-2H3,(H2,25,32)(H,28,33). The van der Waals surface area contributed by atoms with Gasteiger partial charge in [-0.3, -0.25) is 9.59 Å². The number of carbonyl (C=O) groups is 2. The van der Waals surface area contributed by atoms with Gasteiger partial charge < -0.3 is 15.6 Å². The average molecular weight is 480 g/mol. The normalized spacial score (nSPS) is 13.2. The second-order valence-electron chi connectivity index (χ2n) is 8.44. The summed E-state index contributed by atoms with van der Waals surface area (Å²) in [6.45, 7) is 4.71. The number of primary amides is 1. The van der Waals surface area contributed by atoms with E-state index in [1.807, 2.05) is 38.1 Å². The van der Waals surface area contributed by atoms with Gasteiger partial charge in [0.1, 0.15) is 5.82 Å². The molecule has 0 radical (unpaired) electrons. The molecule has 1 aromatic carbocycles. The molecule has 2 aromatic heterocycles. The number of anilines is 1. The topological polar surface area (TPSA) is 129 Å². The second-order valence-corrected chi connectivity index (χ2v) is 9.38. The van der Waals surface area contributed by atoms with Crippen LogP contribution < -0.4 is 11.1 Å². The molecule has 2 amide bonds. The van der Waals surface area contributed by atoms with Crippen molar-refractivity contribution in [1.82, 2.24) is 24.7 Å². The first kappa shape index (κ1) is 23.9. The van der Waals surface area contributed by atoms with Crippen molar-refractivity contribution in [1.29, 1.82) is 0 Å². The van der Waals surface area contributed by atoms with Crippen LogP contribution in [0.2, 0.25) is 0 Å². The Balaban J connectivity index is 1.40. The number of thioether (sulfide) groups is 1. The van der Waals surface area contributed by atoms with E-state index in [0.29, 0.717) is 18.0 Å². The zero-order chi connectivity index (χ0) is 24.1. The summed E-state index contributed by atoms with van der Waals surface area (Å²) in [6.07, 6.45) is 5.27. The highest BCUT2D eigenvalue weighted by atomic mass is 32.2. The quantitative estimate of drug-likeness (QED) is 0.375. The summed E-state index contributed by atoms with van der Waals surface area (Å²) in [4.78, 5) is 32.6. The van der Waals surface area contributed by atoms with Gasteiger partial charge in [0.05, 0.1) is 5.75 Å². The van der Waals surface area contributed by atoms with Gasteiger partial charge in [0.25, 0.3) is 0 Å². The van der Waals surface area contributed by atoms with E-state index in [4.69, 9.17) is 5.73 Å². The molecule has 0 unspecified atom stereocenters. The highest BCUT2D eigenvalue weighted by molar-refractivity contribution is 7.99. The summed E-state index contributed by atoms with van der Waals surface area (Å²) >= 11 is 1.21. The van der Waals surface area contributed by atoms with E-state index in [2.05, 4.69) is 30.0 Å². The summed E-state index contributed by atoms with van der Waals surface area (Å²) in [5, 5.41) is 12.3. The highest BCUT2D eigenvalue weighted by Crippen LogP contribution is 2.25. The minimum absolute atomic E-state index is 0.0804. The number of rotatable bonds is 8. The molecule has 9 nitrogen and oxygen atoms in total. The van der Waals surface area contributed by atoms with Crippen LogP contribution in [-0.4, -0.2) is 42.3 Å². The number of nitrogens with one attached hydrogen (secondary N) is 1. The predicted octanol–water partition coefficient (Wildman–Crippen LogP) is 3.23. The number of fused-ring (bicyclic) bond motifs is 1. The molecule has 178 valence electrons. The molecule has 0 saturated heterocycles. The molecule has 1 aliphatic rings. The molecule has 0 bridgehead atoms. The molecule has 34 heavy (non-hydrogen) atoms. The molecule has 3 heterocycles. The largest absolute Gasteiger partial charge is 0.369 e. The minimum Gasteiger partial charge on any atom is -0.369 e. The number of aryl methyl sites for hydroxylation is 3. The molecule has 0 atom stereocenters. The first-order valence-corrected chi connectivity index (χ1v) is 12.5. The number of carbonyl (C=O) groups excluding carboxylic acids is 2. The van der Waals surface area contributed by atoms with Crippen molar-refractivity contribution >= 4 is 29.3 Å². The lowest BCUT2D eigenvalue weighted by atomic mass is 10.1. The zero-order valence-electron chi connectivity index (χ0n) is 19.5. The van der Waals surface area contributed by atoms with Crippen LogP contribution in [0.1, 0.15) is 48.5 Å². The first-order valence-electron chi connectivity index (χ1n) is 11.5. The van der Waals surface area contributed by atoms with E-state index in [9.17, 15) is 9.59 Å². The van der Waals surface area contributed by atoms with E-state index >= 15 is 0 Å². The first-order chi connectivity index (χ1) is 16.4. The number of nitrogens with two attached hydrogens (primary N) is 1. The Labute approximate surface area is 203 Å². The molecule has 10 heteroatoms. The Hall–Kier alpha value is -3.27. The molecule has 3 aromatic rings. The predicted molar refractivity (Wildman–Crippen MR) is 131 cm³/mol. The summed E-state index contributed by atoms with van der Waals surface area (Å²) in [6, 6.07) is 7.75. The summed E-state index contributed by atoms with van der Waals surface area (Å²) in [5.41, 5.74) is 9.43. The molecular weight excluding hydrogens is 450 g/mol. The monoisotopic (exact) mass is 479 g/mol. The van der Waals surface area contributed by atoms with E-state index in [1.165, 1.54) is 18.2 Å². The second kappa shape index (κ2) is 10.8. The summed E-state index contributed by atoms with van der Waals surface area (Å²) in [7, 11) is 0. The van der Waals surface area contributed by atoms with Crippen molar-refractivity contribution in [3.63, 3.8) is 0 Å². The van der Waals surface area contributed by atoms with Gasteiger partial charge in [0, 0.05) is 42.0 Å². The molecule has 3 N–H and O–H groups in total. The smallest absolute Gasteiger partial charge is 0.227 e. The molecule has 0 aliphatic carbocycles. The fourth-order valence-electron chi connectivity index (χ4n) is 4.17. The Morgan fingerprint density at radius 3 is 2.68 bits per heavy atom. The van der Waals surface area contributed by atoms with E-state index in [-0.39, 0.29) is 11.7 Å².